The molecule has 2 N–H and O–H groups in total. The fourth-order valence-corrected chi connectivity index (χ4v) is 4.48. The minimum Gasteiger partial charge on any atom is -0.323 e. The van der Waals surface area contributed by atoms with Crippen molar-refractivity contribution in [3.8, 4) is 11.3 Å². The number of anilines is 1. The number of fused-ring (bicyclic) bond motifs is 1. The SMILES string of the molecule is CCC1(CC)NC(=O)N(CC(=O)Nc2nc(-c3cccc4ccccc34)cs2)C1=O. The van der Waals surface area contributed by atoms with Crippen LogP contribution in [0.3, 0.4) is 0 Å². The predicted molar refractivity (Wildman–Crippen MR) is 117 cm³/mol. The Morgan fingerprint density at radius 1 is 1.13 bits per heavy atom. The average Bonchev–Trinajstić information content (AvgIpc) is 3.31. The molecule has 0 atom stereocenters. The second-order valence-electron chi connectivity index (χ2n) is 7.22. The molecule has 4 rings (SSSR count). The highest BCUT2D eigenvalue weighted by Crippen LogP contribution is 2.31. The molecule has 0 unspecified atom stereocenters. The van der Waals surface area contributed by atoms with Crippen molar-refractivity contribution in [3.05, 3.63) is 47.8 Å². The van der Waals surface area contributed by atoms with Crippen LogP contribution in [0.1, 0.15) is 26.7 Å². The molecule has 1 aliphatic heterocycles. The molecule has 1 fully saturated rings. The van der Waals surface area contributed by atoms with Crippen molar-refractivity contribution in [1.82, 2.24) is 15.2 Å². The Morgan fingerprint density at radius 2 is 1.87 bits per heavy atom. The van der Waals surface area contributed by atoms with E-state index in [1.54, 1.807) is 0 Å². The van der Waals surface area contributed by atoms with E-state index in [0.717, 1.165) is 26.9 Å². The zero-order valence-corrected chi connectivity index (χ0v) is 17.6. The summed E-state index contributed by atoms with van der Waals surface area (Å²) in [5.74, 6) is -0.816. The van der Waals surface area contributed by atoms with E-state index in [9.17, 15) is 14.4 Å². The highest BCUT2D eigenvalue weighted by atomic mass is 32.1. The summed E-state index contributed by atoms with van der Waals surface area (Å²) in [6, 6.07) is 13.5. The zero-order valence-electron chi connectivity index (χ0n) is 16.8. The van der Waals surface area contributed by atoms with Crippen molar-refractivity contribution in [1.29, 1.82) is 0 Å². The predicted octanol–water partition coefficient (Wildman–Crippen LogP) is 4.01. The lowest BCUT2D eigenvalue weighted by Crippen LogP contribution is -2.46. The number of urea groups is 1. The second-order valence-corrected chi connectivity index (χ2v) is 8.08. The van der Waals surface area contributed by atoms with Crippen molar-refractivity contribution >= 4 is 45.1 Å². The number of imide groups is 1. The van der Waals surface area contributed by atoms with E-state index in [1.165, 1.54) is 11.3 Å². The van der Waals surface area contributed by atoms with Crippen LogP contribution in [0, 0.1) is 0 Å². The molecule has 1 aliphatic rings. The molecule has 8 heteroatoms. The van der Waals surface area contributed by atoms with E-state index in [2.05, 4.69) is 15.6 Å². The van der Waals surface area contributed by atoms with E-state index in [4.69, 9.17) is 0 Å². The van der Waals surface area contributed by atoms with Gasteiger partial charge in [0, 0.05) is 10.9 Å². The van der Waals surface area contributed by atoms with Gasteiger partial charge in [0.1, 0.15) is 12.1 Å². The fourth-order valence-electron chi connectivity index (χ4n) is 3.76. The van der Waals surface area contributed by atoms with E-state index < -0.39 is 17.5 Å². The Balaban J connectivity index is 1.49. The third-order valence-corrected chi connectivity index (χ3v) is 6.33. The summed E-state index contributed by atoms with van der Waals surface area (Å²) in [6.07, 6.45) is 0.958. The quantitative estimate of drug-likeness (QED) is 0.587. The average molecular weight is 423 g/mol. The van der Waals surface area contributed by atoms with Crippen LogP contribution < -0.4 is 10.6 Å². The number of carbonyl (C=O) groups is 3. The molecular formula is C22H22N4O3S. The Bertz CT molecular complexity index is 1130. The molecule has 154 valence electrons. The number of nitrogens with one attached hydrogen (secondary N) is 2. The van der Waals surface area contributed by atoms with E-state index >= 15 is 0 Å². The number of hydrogen-bond acceptors (Lipinski definition) is 5. The lowest BCUT2D eigenvalue weighted by atomic mass is 9.93. The first-order valence-corrected chi connectivity index (χ1v) is 10.7. The number of nitrogens with zero attached hydrogens (tertiary/aromatic N) is 2. The number of hydrogen-bond donors (Lipinski definition) is 2. The molecule has 2 aromatic carbocycles. The highest BCUT2D eigenvalue weighted by Gasteiger charge is 2.49. The maximum Gasteiger partial charge on any atom is 0.325 e. The molecule has 0 spiro atoms. The summed E-state index contributed by atoms with van der Waals surface area (Å²) in [4.78, 5) is 42.9. The lowest BCUT2D eigenvalue weighted by molar-refractivity contribution is -0.134. The molecule has 30 heavy (non-hydrogen) atoms. The molecule has 0 bridgehead atoms. The molecule has 7 nitrogen and oxygen atoms in total. The smallest absolute Gasteiger partial charge is 0.323 e. The van der Waals surface area contributed by atoms with Gasteiger partial charge in [0.2, 0.25) is 5.91 Å². The van der Waals surface area contributed by atoms with Crippen LogP contribution in [0.4, 0.5) is 9.93 Å². The lowest BCUT2D eigenvalue weighted by Gasteiger charge is -2.22. The minimum absolute atomic E-state index is 0.338. The first-order chi connectivity index (χ1) is 14.5. The standard InChI is InChI=1S/C22H22N4O3S/c1-3-22(4-2)19(28)26(21(29)25-22)12-18(27)24-20-23-17(13-30-20)16-11-7-9-14-8-5-6-10-15(14)16/h5-11,13H,3-4,12H2,1-2H3,(H,25,29)(H,23,24,27). The van der Waals surface area contributed by atoms with E-state index in [-0.39, 0.29) is 12.5 Å². The van der Waals surface area contributed by atoms with Gasteiger partial charge in [-0.15, -0.1) is 11.3 Å². The van der Waals surface area contributed by atoms with Gasteiger partial charge in [0.25, 0.3) is 5.91 Å². The summed E-state index contributed by atoms with van der Waals surface area (Å²) in [7, 11) is 0. The summed E-state index contributed by atoms with van der Waals surface area (Å²) in [5.41, 5.74) is 0.827. The van der Waals surface area contributed by atoms with Gasteiger partial charge in [-0.3, -0.25) is 14.5 Å². The molecule has 0 aliphatic carbocycles. The molecule has 0 saturated carbocycles. The van der Waals surface area contributed by atoms with Crippen molar-refractivity contribution < 1.29 is 14.4 Å². The van der Waals surface area contributed by atoms with Crippen LogP contribution >= 0.6 is 11.3 Å². The Labute approximate surface area is 178 Å². The van der Waals surface area contributed by atoms with Gasteiger partial charge >= 0.3 is 6.03 Å². The zero-order chi connectivity index (χ0) is 21.3. The number of benzene rings is 2. The molecule has 1 aromatic heterocycles. The van der Waals surface area contributed by atoms with Gasteiger partial charge in [-0.2, -0.15) is 0 Å². The normalized spacial score (nSPS) is 15.5. The van der Waals surface area contributed by atoms with Gasteiger partial charge in [0.05, 0.1) is 5.69 Å². The second kappa shape index (κ2) is 7.87. The van der Waals surface area contributed by atoms with E-state index in [1.807, 2.05) is 61.7 Å². The maximum absolute atomic E-state index is 12.7. The van der Waals surface area contributed by atoms with Gasteiger partial charge in [-0.25, -0.2) is 9.78 Å². The largest absolute Gasteiger partial charge is 0.325 e. The Hall–Kier alpha value is -3.26. The number of aromatic nitrogens is 1. The molecular weight excluding hydrogens is 400 g/mol. The van der Waals surface area contributed by atoms with Crippen LogP contribution in [0.2, 0.25) is 0 Å². The Morgan fingerprint density at radius 3 is 2.60 bits per heavy atom. The van der Waals surface area contributed by atoms with Gasteiger partial charge in [-0.1, -0.05) is 56.3 Å². The van der Waals surface area contributed by atoms with Crippen molar-refractivity contribution in [2.75, 3.05) is 11.9 Å². The van der Waals surface area contributed by atoms with Gasteiger partial charge in [0.15, 0.2) is 5.13 Å². The number of carbonyl (C=O) groups excluding carboxylic acids is 3. The Kier molecular flexibility index (Phi) is 5.26. The van der Waals surface area contributed by atoms with Gasteiger partial charge < -0.3 is 10.6 Å². The van der Waals surface area contributed by atoms with Crippen LogP contribution in [-0.4, -0.2) is 39.8 Å². The monoisotopic (exact) mass is 422 g/mol. The van der Waals surface area contributed by atoms with Crippen LogP contribution in [0.5, 0.6) is 0 Å². The molecule has 3 aromatic rings. The van der Waals surface area contributed by atoms with E-state index in [0.29, 0.717) is 18.0 Å². The van der Waals surface area contributed by atoms with Crippen LogP contribution in [0.25, 0.3) is 22.0 Å². The van der Waals surface area contributed by atoms with Crippen LogP contribution in [0.15, 0.2) is 47.8 Å². The third kappa shape index (κ3) is 3.43. The fraction of sp³-hybridized carbons (Fsp3) is 0.273. The number of thiazole rings is 1. The van der Waals surface area contributed by atoms with Crippen molar-refractivity contribution in [2.24, 2.45) is 0 Å². The third-order valence-electron chi connectivity index (χ3n) is 5.57. The first kappa shape index (κ1) is 20.0. The highest BCUT2D eigenvalue weighted by molar-refractivity contribution is 7.14. The molecule has 1 saturated heterocycles. The molecule has 0 radical (unpaired) electrons. The molecule has 2 heterocycles. The first-order valence-electron chi connectivity index (χ1n) is 9.85. The summed E-state index contributed by atoms with van der Waals surface area (Å²) in [5, 5.41) is 9.93. The summed E-state index contributed by atoms with van der Waals surface area (Å²) >= 11 is 1.30. The van der Waals surface area contributed by atoms with Gasteiger partial charge in [-0.05, 0) is 23.6 Å². The maximum atomic E-state index is 12.7. The van der Waals surface area contributed by atoms with Crippen LogP contribution in [-0.2, 0) is 9.59 Å². The summed E-state index contributed by atoms with van der Waals surface area (Å²) < 4.78 is 0. The summed E-state index contributed by atoms with van der Waals surface area (Å²) in [6.45, 7) is 3.35. The number of rotatable bonds is 6. The van der Waals surface area contributed by atoms with Crippen molar-refractivity contribution in [2.45, 2.75) is 32.2 Å². The number of amides is 4. The minimum atomic E-state index is -0.917. The van der Waals surface area contributed by atoms with Crippen molar-refractivity contribution in [3.63, 3.8) is 0 Å². The topological polar surface area (TPSA) is 91.4 Å². The molecule has 4 amide bonds.